The molecule has 25 heavy (non-hydrogen) atoms. The third-order valence-electron chi connectivity index (χ3n) is 2.01. The minimum absolute atomic E-state index is 0.606. The van der Waals surface area contributed by atoms with Crippen molar-refractivity contribution in [3.63, 3.8) is 0 Å². The van der Waals surface area contributed by atoms with Gasteiger partial charge < -0.3 is 5.73 Å². The molecule has 0 unspecified atom stereocenters. The monoisotopic (exact) mass is 351 g/mol. The predicted molar refractivity (Wildman–Crippen MR) is 108 cm³/mol. The molecule has 4 N–H and O–H groups in total. The van der Waals surface area contributed by atoms with E-state index in [0.29, 0.717) is 5.82 Å². The summed E-state index contributed by atoms with van der Waals surface area (Å²) in [6.45, 7) is 15.9. The smallest absolute Gasteiger partial charge is 0.118 e. The van der Waals surface area contributed by atoms with E-state index in [1.807, 2.05) is 80.8 Å². The molecule has 144 valence electrons. The van der Waals surface area contributed by atoms with E-state index in [9.17, 15) is 0 Å². The summed E-state index contributed by atoms with van der Waals surface area (Å²) in [6.07, 6.45) is 5.26. The Kier molecular flexibility index (Phi) is 23.4. The maximum Gasteiger partial charge on any atom is 0.118 e. The van der Waals surface area contributed by atoms with Crippen molar-refractivity contribution in [2.45, 2.75) is 55.4 Å². The Balaban J connectivity index is -0.000000253. The number of H-pyrrole nitrogens is 2. The fourth-order valence-corrected chi connectivity index (χ4v) is 1.12. The lowest BCUT2D eigenvalue weighted by molar-refractivity contribution is 0.756. The molecule has 7 heteroatoms. The molecule has 0 aliphatic rings. The first-order valence-electron chi connectivity index (χ1n) is 8.75. The lowest BCUT2D eigenvalue weighted by Gasteiger charge is -1.79. The molecule has 0 saturated carbocycles. The van der Waals surface area contributed by atoms with Gasteiger partial charge in [-0.05, 0) is 32.0 Å². The highest BCUT2D eigenvalue weighted by molar-refractivity contribution is 5.22. The van der Waals surface area contributed by atoms with Gasteiger partial charge in [-0.15, -0.1) is 0 Å². The number of aromatic amines is 2. The van der Waals surface area contributed by atoms with Crippen LogP contribution in [0.4, 0.5) is 5.82 Å². The second-order valence-electron chi connectivity index (χ2n) is 3.88. The highest BCUT2D eigenvalue weighted by atomic mass is 15.2. The van der Waals surface area contributed by atoms with Gasteiger partial charge in [-0.2, -0.15) is 15.3 Å². The summed E-state index contributed by atoms with van der Waals surface area (Å²) >= 11 is 0. The van der Waals surface area contributed by atoms with E-state index in [-0.39, 0.29) is 0 Å². The number of anilines is 1. The Morgan fingerprint density at radius 1 is 0.840 bits per heavy atom. The van der Waals surface area contributed by atoms with Gasteiger partial charge in [0.05, 0.1) is 11.9 Å². The molecule has 0 spiro atoms. The van der Waals surface area contributed by atoms with Gasteiger partial charge in [-0.1, -0.05) is 41.5 Å². The van der Waals surface area contributed by atoms with E-state index in [1.165, 1.54) is 0 Å². The lowest BCUT2D eigenvalue weighted by Crippen LogP contribution is -1.86. The summed E-state index contributed by atoms with van der Waals surface area (Å²) in [6, 6.07) is 5.58. The average Bonchev–Trinajstić information content (AvgIpc) is 3.40. The summed E-state index contributed by atoms with van der Waals surface area (Å²) in [4.78, 5) is 0. The van der Waals surface area contributed by atoms with Crippen LogP contribution in [0, 0.1) is 13.8 Å². The third-order valence-corrected chi connectivity index (χ3v) is 2.01. The number of nitrogens with two attached hydrogens (primary N) is 1. The van der Waals surface area contributed by atoms with Gasteiger partial charge in [-0.25, -0.2) is 0 Å². The zero-order valence-corrected chi connectivity index (χ0v) is 17.3. The second kappa shape index (κ2) is 21.4. The highest BCUT2D eigenvalue weighted by Crippen LogP contribution is 1.87. The Labute approximate surface area is 153 Å². The molecule has 0 saturated heterocycles. The fraction of sp³-hybridized carbons (Fsp3) is 0.500. The van der Waals surface area contributed by atoms with Crippen molar-refractivity contribution < 1.29 is 0 Å². The minimum Gasteiger partial charge on any atom is -0.384 e. The van der Waals surface area contributed by atoms with Crippen LogP contribution in [-0.4, -0.2) is 30.2 Å². The van der Waals surface area contributed by atoms with Gasteiger partial charge >= 0.3 is 0 Å². The molecule has 0 aliphatic heterocycles. The van der Waals surface area contributed by atoms with Gasteiger partial charge in [0, 0.05) is 25.1 Å². The number of nitrogens with zero attached hydrogens (tertiary/aromatic N) is 4. The molecule has 3 rings (SSSR count). The predicted octanol–water partition coefficient (Wildman–Crippen LogP) is 4.52. The molecule has 3 aromatic heterocycles. The van der Waals surface area contributed by atoms with E-state index >= 15 is 0 Å². The van der Waals surface area contributed by atoms with Crippen molar-refractivity contribution in [3.8, 4) is 0 Å². The van der Waals surface area contributed by atoms with Crippen LogP contribution in [0.25, 0.3) is 0 Å². The number of aryl methyl sites for hydroxylation is 3. The van der Waals surface area contributed by atoms with Crippen LogP contribution in [0.5, 0.6) is 0 Å². The fourth-order valence-electron chi connectivity index (χ4n) is 1.12. The van der Waals surface area contributed by atoms with Crippen LogP contribution in [0.1, 0.15) is 52.9 Å². The summed E-state index contributed by atoms with van der Waals surface area (Å²) in [5.74, 6) is 0.606. The Morgan fingerprint density at radius 2 is 1.36 bits per heavy atom. The maximum atomic E-state index is 5.16. The van der Waals surface area contributed by atoms with E-state index in [4.69, 9.17) is 5.73 Å². The molecule has 0 aromatic carbocycles. The number of nitrogens with one attached hydrogen (secondary N) is 2. The topological polar surface area (TPSA) is 101 Å². The summed E-state index contributed by atoms with van der Waals surface area (Å²) in [5.41, 5.74) is 7.34. The SMILES string of the molecule is CC.CC.CC.Cc1ccn(C)n1.Cc1ccn[nH]1.Nc1ccn[nH]1. The van der Waals surface area contributed by atoms with Crippen molar-refractivity contribution in [1.82, 2.24) is 30.2 Å². The zero-order chi connectivity index (χ0) is 20.1. The number of rotatable bonds is 0. The first-order chi connectivity index (χ1) is 12.1. The van der Waals surface area contributed by atoms with Crippen LogP contribution in [0.15, 0.2) is 36.8 Å². The molecular weight excluding hydrogens is 314 g/mol. The van der Waals surface area contributed by atoms with Crippen molar-refractivity contribution in [1.29, 1.82) is 0 Å². The average molecular weight is 352 g/mol. The molecule has 0 atom stereocenters. The maximum absolute atomic E-state index is 5.16. The molecule has 7 nitrogen and oxygen atoms in total. The lowest BCUT2D eigenvalue weighted by atomic mass is 10.5. The van der Waals surface area contributed by atoms with Crippen molar-refractivity contribution >= 4 is 5.82 Å². The van der Waals surface area contributed by atoms with Crippen LogP contribution >= 0.6 is 0 Å². The number of nitrogen functional groups attached to an aromatic ring is 1. The molecule has 3 heterocycles. The summed E-state index contributed by atoms with van der Waals surface area (Å²) in [7, 11) is 1.91. The van der Waals surface area contributed by atoms with Crippen LogP contribution in [0.2, 0.25) is 0 Å². The van der Waals surface area contributed by atoms with E-state index in [0.717, 1.165) is 11.4 Å². The first kappa shape index (κ1) is 27.3. The number of hydrogen-bond acceptors (Lipinski definition) is 4. The molecule has 0 aliphatic carbocycles. The summed E-state index contributed by atoms with van der Waals surface area (Å²) < 4.78 is 1.79. The van der Waals surface area contributed by atoms with Gasteiger partial charge in [0.1, 0.15) is 5.82 Å². The van der Waals surface area contributed by atoms with E-state index in [2.05, 4.69) is 25.5 Å². The second-order valence-corrected chi connectivity index (χ2v) is 3.88. The minimum atomic E-state index is 0.606. The van der Waals surface area contributed by atoms with Gasteiger partial charge in [0.2, 0.25) is 0 Å². The first-order valence-corrected chi connectivity index (χ1v) is 8.75. The molecule has 0 bridgehead atoms. The van der Waals surface area contributed by atoms with Crippen LogP contribution in [-0.2, 0) is 7.05 Å². The van der Waals surface area contributed by atoms with Crippen LogP contribution in [0.3, 0.4) is 0 Å². The number of aromatic nitrogens is 6. The zero-order valence-electron chi connectivity index (χ0n) is 17.3. The Hall–Kier alpha value is -2.57. The van der Waals surface area contributed by atoms with Crippen molar-refractivity contribution in [3.05, 3.63) is 48.2 Å². The number of hydrogen-bond donors (Lipinski definition) is 3. The van der Waals surface area contributed by atoms with Crippen molar-refractivity contribution in [2.24, 2.45) is 7.05 Å². The standard InChI is InChI=1S/C5H8N2.C4H6N2.C3H5N3.3C2H6/c1-5-3-4-7(2)6-5;1-4-2-3-5-6-4;4-3-1-2-5-6-3;3*1-2/h3-4H,1-2H3;2-3H,1H3,(H,5,6);1-2H,(H3,4,5,6);3*1-2H3. The van der Waals surface area contributed by atoms with E-state index < -0.39 is 0 Å². The molecule has 0 fully saturated rings. The largest absolute Gasteiger partial charge is 0.384 e. The molecule has 3 aromatic rings. The highest BCUT2D eigenvalue weighted by Gasteiger charge is 1.81. The van der Waals surface area contributed by atoms with Crippen molar-refractivity contribution in [2.75, 3.05) is 5.73 Å². The van der Waals surface area contributed by atoms with E-state index in [1.54, 1.807) is 23.1 Å². The summed E-state index contributed by atoms with van der Waals surface area (Å²) in [5, 5.41) is 16.6. The quantitative estimate of drug-likeness (QED) is 0.554. The van der Waals surface area contributed by atoms with Crippen LogP contribution < -0.4 is 5.73 Å². The third kappa shape index (κ3) is 19.4. The Morgan fingerprint density at radius 3 is 1.48 bits per heavy atom. The van der Waals surface area contributed by atoms with Gasteiger partial charge in [0.15, 0.2) is 0 Å². The Bertz CT molecular complexity index is 491. The normalized spacial score (nSPS) is 7.56. The molecular formula is C18H37N7. The molecule has 0 amide bonds. The molecule has 0 radical (unpaired) electrons. The van der Waals surface area contributed by atoms with Gasteiger partial charge in [-0.3, -0.25) is 14.9 Å². The van der Waals surface area contributed by atoms with Gasteiger partial charge in [0.25, 0.3) is 0 Å².